The van der Waals surface area contributed by atoms with Crippen molar-refractivity contribution in [2.75, 3.05) is 5.75 Å². The monoisotopic (exact) mass is 330 g/mol. The molecule has 23 heavy (non-hydrogen) atoms. The third-order valence-electron chi connectivity index (χ3n) is 3.30. The summed E-state index contributed by atoms with van der Waals surface area (Å²) in [7, 11) is 0. The third-order valence-corrected chi connectivity index (χ3v) is 4.20. The Bertz CT molecular complexity index is 645. The maximum absolute atomic E-state index is 12.0. The molecule has 0 aliphatic carbocycles. The Morgan fingerprint density at radius 3 is 2.65 bits per heavy atom. The van der Waals surface area contributed by atoms with Gasteiger partial charge in [-0.2, -0.15) is 0 Å². The molecule has 2 amide bonds. The molecule has 0 aliphatic rings. The van der Waals surface area contributed by atoms with Crippen molar-refractivity contribution < 1.29 is 4.79 Å². The highest BCUT2D eigenvalue weighted by Crippen LogP contribution is 2.20. The van der Waals surface area contributed by atoms with Gasteiger partial charge in [0.25, 0.3) is 0 Å². The summed E-state index contributed by atoms with van der Waals surface area (Å²) in [5, 5.41) is 5.75. The average molecular weight is 330 g/mol. The smallest absolute Gasteiger partial charge is 0.315 e. The van der Waals surface area contributed by atoms with Gasteiger partial charge in [-0.1, -0.05) is 19.1 Å². The average Bonchev–Trinajstić information content (AvgIpc) is 2.54. The maximum atomic E-state index is 12.0. The Morgan fingerprint density at radius 1 is 1.26 bits per heavy atom. The van der Waals surface area contributed by atoms with Gasteiger partial charge in [0, 0.05) is 11.1 Å². The number of rotatable bonds is 6. The van der Waals surface area contributed by atoms with Crippen LogP contribution >= 0.6 is 11.8 Å². The van der Waals surface area contributed by atoms with E-state index in [-0.39, 0.29) is 12.1 Å². The van der Waals surface area contributed by atoms with E-state index in [0.717, 1.165) is 17.0 Å². The minimum Gasteiger partial charge on any atom is -0.332 e. The second kappa shape index (κ2) is 8.53. The number of urea groups is 1. The van der Waals surface area contributed by atoms with E-state index in [0.29, 0.717) is 12.4 Å². The van der Waals surface area contributed by atoms with Crippen LogP contribution in [0.3, 0.4) is 0 Å². The quantitative estimate of drug-likeness (QED) is 0.796. The Hall–Kier alpha value is -2.08. The lowest BCUT2D eigenvalue weighted by molar-refractivity contribution is 0.237. The summed E-state index contributed by atoms with van der Waals surface area (Å²) in [6.45, 7) is 6.31. The fourth-order valence-corrected chi connectivity index (χ4v) is 2.79. The van der Waals surface area contributed by atoms with Crippen molar-refractivity contribution >= 4 is 17.8 Å². The van der Waals surface area contributed by atoms with Crippen molar-refractivity contribution in [1.29, 1.82) is 0 Å². The third kappa shape index (κ3) is 5.56. The summed E-state index contributed by atoms with van der Waals surface area (Å²) in [4.78, 5) is 21.5. The molecule has 1 aromatic carbocycles. The lowest BCUT2D eigenvalue weighted by atomic mass is 10.1. The first-order valence-corrected chi connectivity index (χ1v) is 8.62. The maximum Gasteiger partial charge on any atom is 0.315 e. The summed E-state index contributed by atoms with van der Waals surface area (Å²) >= 11 is 1.80. The van der Waals surface area contributed by atoms with Gasteiger partial charge in [-0.25, -0.2) is 14.8 Å². The number of aromatic nitrogens is 2. The highest BCUT2D eigenvalue weighted by Gasteiger charge is 2.09. The van der Waals surface area contributed by atoms with Gasteiger partial charge in [0.05, 0.1) is 18.3 Å². The second-order valence-electron chi connectivity index (χ2n) is 5.15. The van der Waals surface area contributed by atoms with E-state index in [1.807, 2.05) is 13.8 Å². The number of nitrogens with one attached hydrogen (secondary N) is 2. The zero-order valence-electron chi connectivity index (χ0n) is 13.7. The number of carbonyl (C=O) groups is 1. The van der Waals surface area contributed by atoms with Crippen LogP contribution in [0.25, 0.3) is 0 Å². The molecule has 0 bridgehead atoms. The topological polar surface area (TPSA) is 66.9 Å². The first kappa shape index (κ1) is 17.3. The van der Waals surface area contributed by atoms with Crippen LogP contribution in [-0.4, -0.2) is 21.8 Å². The molecule has 1 heterocycles. The number of hydrogen-bond donors (Lipinski definition) is 2. The van der Waals surface area contributed by atoms with E-state index in [9.17, 15) is 4.79 Å². The number of amides is 2. The van der Waals surface area contributed by atoms with E-state index in [2.05, 4.69) is 51.8 Å². The van der Waals surface area contributed by atoms with Crippen molar-refractivity contribution in [3.8, 4) is 0 Å². The molecule has 0 saturated heterocycles. The van der Waals surface area contributed by atoms with Gasteiger partial charge >= 0.3 is 6.03 Å². The number of carbonyl (C=O) groups excluding carboxylic acids is 1. The van der Waals surface area contributed by atoms with Gasteiger partial charge in [-0.05, 0) is 43.4 Å². The predicted molar refractivity (Wildman–Crippen MR) is 93.4 cm³/mol. The minimum atomic E-state index is -0.208. The van der Waals surface area contributed by atoms with Crippen LogP contribution < -0.4 is 10.6 Å². The van der Waals surface area contributed by atoms with Crippen molar-refractivity contribution in [1.82, 2.24) is 20.6 Å². The van der Waals surface area contributed by atoms with Crippen LogP contribution in [0.1, 0.15) is 37.0 Å². The van der Waals surface area contributed by atoms with Crippen LogP contribution in [0.15, 0.2) is 41.4 Å². The molecule has 6 heteroatoms. The van der Waals surface area contributed by atoms with E-state index in [1.165, 1.54) is 4.90 Å². The fourth-order valence-electron chi connectivity index (χ4n) is 2.12. The number of nitrogens with zero attached hydrogens (tertiary/aromatic N) is 2. The van der Waals surface area contributed by atoms with E-state index < -0.39 is 0 Å². The normalized spacial score (nSPS) is 11.8. The summed E-state index contributed by atoms with van der Waals surface area (Å²) in [6, 6.07) is 9.81. The molecule has 2 aromatic rings. The van der Waals surface area contributed by atoms with Crippen LogP contribution in [0.5, 0.6) is 0 Å². The molecule has 2 N–H and O–H groups in total. The van der Waals surface area contributed by atoms with E-state index in [4.69, 9.17) is 0 Å². The molecular weight excluding hydrogens is 308 g/mol. The lowest BCUT2D eigenvalue weighted by Gasteiger charge is -2.15. The number of benzene rings is 1. The molecule has 0 saturated carbocycles. The number of hydrogen-bond acceptors (Lipinski definition) is 4. The van der Waals surface area contributed by atoms with Gasteiger partial charge in [-0.15, -0.1) is 11.8 Å². The van der Waals surface area contributed by atoms with Gasteiger partial charge in [0.1, 0.15) is 5.82 Å². The SMILES string of the molecule is CCSc1ccc([C@@H](C)NC(=O)NCc2ccnc(C)n2)cc1. The van der Waals surface area contributed by atoms with Crippen molar-refractivity contribution in [3.63, 3.8) is 0 Å². The molecule has 0 fully saturated rings. The Kier molecular flexibility index (Phi) is 6.40. The Morgan fingerprint density at radius 2 is 2.00 bits per heavy atom. The van der Waals surface area contributed by atoms with Crippen LogP contribution in [-0.2, 0) is 6.54 Å². The number of thioether (sulfide) groups is 1. The standard InChI is InChI=1S/C17H22N4OS/c1-4-23-16-7-5-14(6-8-16)12(2)20-17(22)19-11-15-9-10-18-13(3)21-15/h5-10,12H,4,11H2,1-3H3,(H2,19,20,22)/t12-/m1/s1. The largest absolute Gasteiger partial charge is 0.332 e. The summed E-state index contributed by atoms with van der Waals surface area (Å²) in [5.74, 6) is 1.75. The molecule has 5 nitrogen and oxygen atoms in total. The van der Waals surface area contributed by atoms with E-state index >= 15 is 0 Å². The first-order valence-electron chi connectivity index (χ1n) is 7.64. The highest BCUT2D eigenvalue weighted by atomic mass is 32.2. The van der Waals surface area contributed by atoms with Crippen LogP contribution in [0.2, 0.25) is 0 Å². The molecule has 2 rings (SSSR count). The fraction of sp³-hybridized carbons (Fsp3) is 0.353. The number of aryl methyl sites for hydroxylation is 1. The summed E-state index contributed by atoms with van der Waals surface area (Å²) < 4.78 is 0. The van der Waals surface area contributed by atoms with Crippen molar-refractivity contribution in [3.05, 3.63) is 53.6 Å². The molecule has 0 aliphatic heterocycles. The second-order valence-corrected chi connectivity index (χ2v) is 6.48. The highest BCUT2D eigenvalue weighted by molar-refractivity contribution is 7.99. The van der Waals surface area contributed by atoms with Gasteiger partial charge < -0.3 is 10.6 Å². The van der Waals surface area contributed by atoms with E-state index in [1.54, 1.807) is 24.0 Å². The molecule has 1 atom stereocenters. The van der Waals surface area contributed by atoms with Gasteiger partial charge in [-0.3, -0.25) is 0 Å². The zero-order chi connectivity index (χ0) is 16.7. The molecule has 1 aromatic heterocycles. The van der Waals surface area contributed by atoms with Gasteiger partial charge in [0.2, 0.25) is 0 Å². The van der Waals surface area contributed by atoms with Crippen molar-refractivity contribution in [2.45, 2.75) is 38.3 Å². The van der Waals surface area contributed by atoms with Gasteiger partial charge in [0.15, 0.2) is 0 Å². The minimum absolute atomic E-state index is 0.0530. The first-order chi connectivity index (χ1) is 11.1. The Labute approximate surface area is 141 Å². The van der Waals surface area contributed by atoms with Crippen LogP contribution in [0, 0.1) is 6.92 Å². The molecule has 122 valence electrons. The lowest BCUT2D eigenvalue weighted by Crippen LogP contribution is -2.36. The molecule has 0 radical (unpaired) electrons. The Balaban J connectivity index is 1.84. The molecule has 0 spiro atoms. The zero-order valence-corrected chi connectivity index (χ0v) is 14.5. The van der Waals surface area contributed by atoms with Crippen molar-refractivity contribution in [2.24, 2.45) is 0 Å². The van der Waals surface area contributed by atoms with Crippen LogP contribution in [0.4, 0.5) is 4.79 Å². The molecular formula is C17H22N4OS. The summed E-state index contributed by atoms with van der Waals surface area (Å²) in [6.07, 6.45) is 1.69. The molecule has 0 unspecified atom stereocenters. The summed E-state index contributed by atoms with van der Waals surface area (Å²) in [5.41, 5.74) is 1.87. The predicted octanol–water partition coefficient (Wildman–Crippen LogP) is 3.46.